The molecule has 0 fully saturated rings. The maximum Gasteiger partial charge on any atom is 0.313 e. The molecule has 0 amide bonds. The number of ether oxygens (including phenoxy) is 2. The average molecular weight is 675 g/mol. The monoisotopic (exact) mass is 675 g/mol. The summed E-state index contributed by atoms with van der Waals surface area (Å²) in [5.41, 5.74) is 1.49. The van der Waals surface area contributed by atoms with Gasteiger partial charge >= 0.3 is 5.97 Å². The van der Waals surface area contributed by atoms with Crippen molar-refractivity contribution in [3.8, 4) is 5.75 Å². The minimum absolute atomic E-state index is 0.0972. The second-order valence-corrected chi connectivity index (χ2v) is 10.4. The number of furan rings is 1. The van der Waals surface area contributed by atoms with Crippen molar-refractivity contribution in [1.29, 1.82) is 0 Å². The Morgan fingerprint density at radius 2 is 1.79 bits per heavy atom. The van der Waals surface area contributed by atoms with Crippen molar-refractivity contribution in [3.63, 3.8) is 0 Å². The van der Waals surface area contributed by atoms with Crippen LogP contribution in [0.2, 0.25) is 0 Å². The van der Waals surface area contributed by atoms with E-state index in [4.69, 9.17) is 13.9 Å². The number of esters is 1. The van der Waals surface area contributed by atoms with Crippen LogP contribution in [0.4, 0.5) is 0 Å². The van der Waals surface area contributed by atoms with Crippen LogP contribution in [-0.2, 0) is 16.0 Å². The zero-order chi connectivity index (χ0) is 24.1. The fourth-order valence-electron chi connectivity index (χ4n) is 3.25. The predicted molar refractivity (Wildman–Crippen MR) is 145 cm³/mol. The van der Waals surface area contributed by atoms with Gasteiger partial charge in [0.1, 0.15) is 30.1 Å². The number of halogens is 2. The van der Waals surface area contributed by atoms with Crippen LogP contribution < -0.4 is 4.74 Å². The fourth-order valence-corrected chi connectivity index (χ4v) is 5.33. The van der Waals surface area contributed by atoms with E-state index >= 15 is 0 Å². The number of ketones is 1. The molecule has 1 atom stereocenters. The molecule has 0 bridgehead atoms. The first-order valence-electron chi connectivity index (χ1n) is 10.7. The number of likely N-dealkylation sites (N-methyl/N-ethyl adjacent to an activating group) is 1. The first-order valence-corrected chi connectivity index (χ1v) is 12.9. The number of nitrogens with zero attached hydrogens (tertiary/aromatic N) is 1. The molecular formula is C25H27I2NO5. The number of para-hydroxylation sites is 1. The Bertz CT molecular complexity index is 1130. The number of rotatable bonds is 10. The lowest BCUT2D eigenvalue weighted by molar-refractivity contribution is -0.147. The van der Waals surface area contributed by atoms with Crippen LogP contribution in [-0.4, -0.2) is 50.0 Å². The average Bonchev–Trinajstić information content (AvgIpc) is 3.12. The second kappa shape index (κ2) is 11.7. The summed E-state index contributed by atoms with van der Waals surface area (Å²) in [5.74, 6) is 0.489. The van der Waals surface area contributed by atoms with E-state index in [2.05, 4.69) is 50.1 Å². The van der Waals surface area contributed by atoms with Gasteiger partial charge in [0.2, 0.25) is 0 Å². The normalized spacial score (nSPS) is 12.2. The zero-order valence-electron chi connectivity index (χ0n) is 19.1. The smallest absolute Gasteiger partial charge is 0.313 e. The largest absolute Gasteiger partial charge is 0.490 e. The lowest BCUT2D eigenvalue weighted by atomic mass is 9.99. The van der Waals surface area contributed by atoms with E-state index in [9.17, 15) is 9.59 Å². The summed E-state index contributed by atoms with van der Waals surface area (Å²) in [5, 5.41) is 0.685. The SMILES string of the molecule is CCC(C)OC(=O)Cc1oc2ccccc2c1C(=O)c1cc(I)c(OCCN(C)C)c(I)c1. The Kier molecular flexibility index (Phi) is 9.17. The summed E-state index contributed by atoms with van der Waals surface area (Å²) < 4.78 is 19.0. The molecule has 0 aliphatic heterocycles. The summed E-state index contributed by atoms with van der Waals surface area (Å²) in [6, 6.07) is 11.0. The van der Waals surface area contributed by atoms with Crippen molar-refractivity contribution in [2.75, 3.05) is 27.2 Å². The van der Waals surface area contributed by atoms with Gasteiger partial charge in [0.25, 0.3) is 0 Å². The van der Waals surface area contributed by atoms with Gasteiger partial charge in [-0.15, -0.1) is 0 Å². The number of carbonyl (C=O) groups excluding carboxylic acids is 2. The van der Waals surface area contributed by atoms with Crippen LogP contribution in [0, 0.1) is 7.14 Å². The molecule has 8 heteroatoms. The van der Waals surface area contributed by atoms with Gasteiger partial charge in [-0.25, -0.2) is 0 Å². The quantitative estimate of drug-likeness (QED) is 0.156. The highest BCUT2D eigenvalue weighted by Gasteiger charge is 2.25. The molecule has 0 spiro atoms. The standard InChI is InChI=1S/C25H27I2NO5/c1-5-15(2)32-22(29)14-21-23(17-8-6-7-9-20(17)33-21)24(30)16-12-18(26)25(19(27)13-16)31-11-10-28(3)4/h6-9,12-13,15H,5,10-11,14H2,1-4H3. The molecule has 176 valence electrons. The first kappa shape index (κ1) is 26.0. The Morgan fingerprint density at radius 3 is 2.42 bits per heavy atom. The summed E-state index contributed by atoms with van der Waals surface area (Å²) in [4.78, 5) is 28.2. The summed E-state index contributed by atoms with van der Waals surface area (Å²) in [6.45, 7) is 5.14. The van der Waals surface area contributed by atoms with E-state index in [1.807, 2.05) is 58.3 Å². The molecule has 0 aliphatic rings. The highest BCUT2D eigenvalue weighted by atomic mass is 127. The van der Waals surface area contributed by atoms with Gasteiger partial charge in [0.05, 0.1) is 18.8 Å². The second-order valence-electron chi connectivity index (χ2n) is 8.03. The van der Waals surface area contributed by atoms with Gasteiger partial charge in [-0.1, -0.05) is 25.1 Å². The molecule has 2 aromatic carbocycles. The van der Waals surface area contributed by atoms with Gasteiger partial charge in [-0.05, 0) is 90.8 Å². The van der Waals surface area contributed by atoms with Gasteiger partial charge in [0, 0.05) is 17.5 Å². The molecule has 3 aromatic rings. The van der Waals surface area contributed by atoms with Crippen molar-refractivity contribution >= 4 is 67.9 Å². The van der Waals surface area contributed by atoms with Crippen molar-refractivity contribution < 1.29 is 23.5 Å². The van der Waals surface area contributed by atoms with Crippen molar-refractivity contribution in [2.24, 2.45) is 0 Å². The summed E-state index contributed by atoms with van der Waals surface area (Å²) >= 11 is 4.38. The Balaban J connectivity index is 1.95. The van der Waals surface area contributed by atoms with Crippen LogP contribution in [0.15, 0.2) is 40.8 Å². The Hall–Kier alpha value is -1.66. The molecule has 0 aliphatic carbocycles. The third-order valence-electron chi connectivity index (χ3n) is 5.15. The zero-order valence-corrected chi connectivity index (χ0v) is 23.4. The maximum absolute atomic E-state index is 13.7. The Labute approximate surface area is 221 Å². The van der Waals surface area contributed by atoms with Gasteiger partial charge in [-0.2, -0.15) is 0 Å². The highest BCUT2D eigenvalue weighted by molar-refractivity contribution is 14.1. The molecule has 3 rings (SSSR count). The molecule has 33 heavy (non-hydrogen) atoms. The van der Waals surface area contributed by atoms with Crippen LogP contribution in [0.25, 0.3) is 11.0 Å². The van der Waals surface area contributed by atoms with E-state index in [1.54, 1.807) is 6.07 Å². The number of carbonyl (C=O) groups is 2. The van der Waals surface area contributed by atoms with Crippen LogP contribution in [0.1, 0.15) is 41.9 Å². The van der Waals surface area contributed by atoms with Gasteiger partial charge in [-0.3, -0.25) is 9.59 Å². The molecule has 0 saturated carbocycles. The third-order valence-corrected chi connectivity index (χ3v) is 6.76. The third kappa shape index (κ3) is 6.48. The number of hydrogen-bond acceptors (Lipinski definition) is 6. The molecule has 1 heterocycles. The van der Waals surface area contributed by atoms with E-state index in [-0.39, 0.29) is 18.3 Å². The van der Waals surface area contributed by atoms with E-state index in [0.29, 0.717) is 34.5 Å². The van der Waals surface area contributed by atoms with E-state index in [1.165, 1.54) is 0 Å². The number of benzene rings is 2. The molecule has 0 radical (unpaired) electrons. The van der Waals surface area contributed by atoms with E-state index in [0.717, 1.165) is 25.9 Å². The Morgan fingerprint density at radius 1 is 1.12 bits per heavy atom. The number of fused-ring (bicyclic) bond motifs is 1. The molecule has 0 saturated heterocycles. The van der Waals surface area contributed by atoms with Crippen molar-refractivity contribution in [2.45, 2.75) is 32.8 Å². The summed E-state index contributed by atoms with van der Waals surface area (Å²) in [7, 11) is 3.99. The lowest BCUT2D eigenvalue weighted by Crippen LogP contribution is -2.20. The summed E-state index contributed by atoms with van der Waals surface area (Å²) in [6.07, 6.45) is 0.432. The fraction of sp³-hybridized carbons (Fsp3) is 0.360. The molecular weight excluding hydrogens is 648 g/mol. The van der Waals surface area contributed by atoms with Crippen molar-refractivity contribution in [3.05, 3.63) is 60.4 Å². The van der Waals surface area contributed by atoms with Crippen LogP contribution in [0.5, 0.6) is 5.75 Å². The topological polar surface area (TPSA) is 69.0 Å². The highest BCUT2D eigenvalue weighted by Crippen LogP contribution is 2.33. The predicted octanol–water partition coefficient (Wildman–Crippen LogP) is 5.70. The minimum atomic E-state index is -0.411. The van der Waals surface area contributed by atoms with E-state index < -0.39 is 5.97 Å². The molecule has 1 aromatic heterocycles. The van der Waals surface area contributed by atoms with Crippen LogP contribution >= 0.6 is 45.2 Å². The van der Waals surface area contributed by atoms with Gasteiger partial charge in [0.15, 0.2) is 5.78 Å². The van der Waals surface area contributed by atoms with Gasteiger partial charge < -0.3 is 18.8 Å². The van der Waals surface area contributed by atoms with Crippen molar-refractivity contribution in [1.82, 2.24) is 4.90 Å². The maximum atomic E-state index is 13.7. The minimum Gasteiger partial charge on any atom is -0.490 e. The van der Waals surface area contributed by atoms with Crippen LogP contribution in [0.3, 0.4) is 0 Å². The molecule has 0 N–H and O–H groups in total. The first-order chi connectivity index (χ1) is 15.7. The molecule has 6 nitrogen and oxygen atoms in total. The molecule has 1 unspecified atom stereocenters. The lowest BCUT2D eigenvalue weighted by Gasteiger charge is -2.14. The number of hydrogen-bond donors (Lipinski definition) is 0.